The van der Waals surface area contributed by atoms with E-state index in [0.717, 1.165) is 24.4 Å². The molecule has 1 aromatic heterocycles. The summed E-state index contributed by atoms with van der Waals surface area (Å²) in [4.78, 5) is 13.4. The molecule has 1 amide bonds. The lowest BCUT2D eigenvalue weighted by Gasteiger charge is -2.20. The number of hydrogen-bond donors (Lipinski definition) is 0. The molecule has 1 aliphatic rings. The first-order valence-corrected chi connectivity index (χ1v) is 5.69. The van der Waals surface area contributed by atoms with E-state index in [4.69, 9.17) is 9.15 Å². The zero-order valence-electron chi connectivity index (χ0n) is 9.73. The third-order valence-corrected chi connectivity index (χ3v) is 2.61. The van der Waals surface area contributed by atoms with Crippen molar-refractivity contribution in [1.82, 2.24) is 4.90 Å². The SMILES string of the molecule is CCOC(=O)N(Cc1ccc(C)o1)C1CC1. The van der Waals surface area contributed by atoms with E-state index in [0.29, 0.717) is 19.2 Å². The fourth-order valence-corrected chi connectivity index (χ4v) is 1.67. The van der Waals surface area contributed by atoms with Gasteiger partial charge in [0.05, 0.1) is 13.2 Å². The van der Waals surface area contributed by atoms with Gasteiger partial charge in [-0.05, 0) is 38.8 Å². The summed E-state index contributed by atoms with van der Waals surface area (Å²) in [5.41, 5.74) is 0. The third kappa shape index (κ3) is 2.56. The number of amides is 1. The zero-order valence-corrected chi connectivity index (χ0v) is 9.73. The molecular formula is C12H17NO3. The largest absolute Gasteiger partial charge is 0.464 e. The minimum Gasteiger partial charge on any atom is -0.464 e. The Hall–Kier alpha value is -1.45. The van der Waals surface area contributed by atoms with Gasteiger partial charge in [-0.15, -0.1) is 0 Å². The van der Waals surface area contributed by atoms with Crippen LogP contribution >= 0.6 is 0 Å². The number of carbonyl (C=O) groups excluding carboxylic acids is 1. The average Bonchev–Trinajstić information content (AvgIpc) is 3.00. The summed E-state index contributed by atoms with van der Waals surface area (Å²) >= 11 is 0. The van der Waals surface area contributed by atoms with Crippen molar-refractivity contribution in [3.05, 3.63) is 23.7 Å². The van der Waals surface area contributed by atoms with Crippen LogP contribution in [0.2, 0.25) is 0 Å². The molecule has 2 rings (SSSR count). The van der Waals surface area contributed by atoms with E-state index in [1.165, 1.54) is 0 Å². The second kappa shape index (κ2) is 4.60. The molecule has 0 spiro atoms. The van der Waals surface area contributed by atoms with Gasteiger partial charge < -0.3 is 9.15 Å². The van der Waals surface area contributed by atoms with Crippen LogP contribution in [0.5, 0.6) is 0 Å². The van der Waals surface area contributed by atoms with Gasteiger partial charge >= 0.3 is 6.09 Å². The van der Waals surface area contributed by atoms with Crippen molar-refractivity contribution in [2.75, 3.05) is 6.61 Å². The predicted molar refractivity (Wildman–Crippen MR) is 59.0 cm³/mol. The first-order chi connectivity index (χ1) is 7.70. The molecule has 1 heterocycles. The molecule has 1 fully saturated rings. The van der Waals surface area contributed by atoms with Crippen LogP contribution in [-0.2, 0) is 11.3 Å². The number of ether oxygens (including phenoxy) is 1. The van der Waals surface area contributed by atoms with Gasteiger partial charge in [0.25, 0.3) is 0 Å². The number of nitrogens with zero attached hydrogens (tertiary/aromatic N) is 1. The van der Waals surface area contributed by atoms with Crippen LogP contribution in [0.15, 0.2) is 16.5 Å². The summed E-state index contributed by atoms with van der Waals surface area (Å²) in [6, 6.07) is 4.15. The molecule has 0 aromatic carbocycles. The summed E-state index contributed by atoms with van der Waals surface area (Å²) < 4.78 is 10.5. The Morgan fingerprint density at radius 3 is 2.81 bits per heavy atom. The van der Waals surface area contributed by atoms with E-state index in [1.807, 2.05) is 26.0 Å². The molecular weight excluding hydrogens is 206 g/mol. The number of aryl methyl sites for hydroxylation is 1. The molecule has 0 aliphatic heterocycles. The highest BCUT2D eigenvalue weighted by molar-refractivity contribution is 5.68. The van der Waals surface area contributed by atoms with E-state index in [9.17, 15) is 4.79 Å². The second-order valence-electron chi connectivity index (χ2n) is 4.07. The lowest BCUT2D eigenvalue weighted by atomic mass is 10.4. The zero-order chi connectivity index (χ0) is 11.5. The normalized spacial score (nSPS) is 14.9. The fourth-order valence-electron chi connectivity index (χ4n) is 1.67. The molecule has 1 saturated carbocycles. The van der Waals surface area contributed by atoms with Crippen molar-refractivity contribution in [3.8, 4) is 0 Å². The monoisotopic (exact) mass is 223 g/mol. The molecule has 0 atom stereocenters. The Morgan fingerprint density at radius 2 is 2.31 bits per heavy atom. The van der Waals surface area contributed by atoms with Gasteiger partial charge in [0.15, 0.2) is 0 Å². The van der Waals surface area contributed by atoms with Crippen LogP contribution in [0.25, 0.3) is 0 Å². The molecule has 16 heavy (non-hydrogen) atoms. The van der Waals surface area contributed by atoms with E-state index in [-0.39, 0.29) is 6.09 Å². The average molecular weight is 223 g/mol. The third-order valence-electron chi connectivity index (χ3n) is 2.61. The molecule has 1 aliphatic carbocycles. The molecule has 0 radical (unpaired) electrons. The van der Waals surface area contributed by atoms with Gasteiger partial charge in [-0.25, -0.2) is 4.79 Å². The lowest BCUT2D eigenvalue weighted by molar-refractivity contribution is 0.0986. The van der Waals surface area contributed by atoms with Gasteiger partial charge in [0.2, 0.25) is 0 Å². The smallest absolute Gasteiger partial charge is 0.410 e. The van der Waals surface area contributed by atoms with Crippen molar-refractivity contribution in [1.29, 1.82) is 0 Å². The van der Waals surface area contributed by atoms with Gasteiger partial charge in [-0.2, -0.15) is 0 Å². The highest BCUT2D eigenvalue weighted by Gasteiger charge is 2.34. The minimum atomic E-state index is -0.237. The maximum Gasteiger partial charge on any atom is 0.410 e. The highest BCUT2D eigenvalue weighted by atomic mass is 16.6. The second-order valence-corrected chi connectivity index (χ2v) is 4.07. The number of furan rings is 1. The summed E-state index contributed by atoms with van der Waals surface area (Å²) in [5, 5.41) is 0. The van der Waals surface area contributed by atoms with Gasteiger partial charge in [0, 0.05) is 6.04 Å². The van der Waals surface area contributed by atoms with Crippen molar-refractivity contribution in [2.45, 2.75) is 39.3 Å². The van der Waals surface area contributed by atoms with Crippen molar-refractivity contribution in [3.63, 3.8) is 0 Å². The van der Waals surface area contributed by atoms with Gasteiger partial charge in [-0.3, -0.25) is 4.90 Å². The Balaban J connectivity index is 2.00. The maximum atomic E-state index is 11.7. The number of hydrogen-bond acceptors (Lipinski definition) is 3. The van der Waals surface area contributed by atoms with Crippen molar-refractivity contribution in [2.24, 2.45) is 0 Å². The standard InChI is InChI=1S/C12H17NO3/c1-3-15-12(14)13(10-5-6-10)8-11-7-4-9(2)16-11/h4,7,10H,3,5-6,8H2,1-2H3. The molecule has 0 unspecified atom stereocenters. The molecule has 0 N–H and O–H groups in total. The van der Waals surface area contributed by atoms with Crippen molar-refractivity contribution < 1.29 is 13.9 Å². The van der Waals surface area contributed by atoms with Crippen LogP contribution in [0.4, 0.5) is 4.79 Å². The highest BCUT2D eigenvalue weighted by Crippen LogP contribution is 2.29. The first kappa shape index (κ1) is 11.0. The fraction of sp³-hybridized carbons (Fsp3) is 0.583. The van der Waals surface area contributed by atoms with Crippen LogP contribution < -0.4 is 0 Å². The summed E-state index contributed by atoms with van der Waals surface area (Å²) in [6.45, 7) is 4.64. The minimum absolute atomic E-state index is 0.237. The predicted octanol–water partition coefficient (Wildman–Crippen LogP) is 2.71. The van der Waals surface area contributed by atoms with Gasteiger partial charge in [0.1, 0.15) is 11.5 Å². The molecule has 4 nitrogen and oxygen atoms in total. The Kier molecular flexibility index (Phi) is 3.17. The lowest BCUT2D eigenvalue weighted by Crippen LogP contribution is -2.32. The Bertz CT molecular complexity index is 368. The first-order valence-electron chi connectivity index (χ1n) is 5.69. The molecule has 88 valence electrons. The molecule has 1 aromatic rings. The summed E-state index contributed by atoms with van der Waals surface area (Å²) in [5.74, 6) is 1.69. The van der Waals surface area contributed by atoms with E-state index < -0.39 is 0 Å². The quantitative estimate of drug-likeness (QED) is 0.788. The molecule has 0 bridgehead atoms. The maximum absolute atomic E-state index is 11.7. The van der Waals surface area contributed by atoms with Crippen molar-refractivity contribution >= 4 is 6.09 Å². The number of rotatable bonds is 4. The van der Waals surface area contributed by atoms with Crippen LogP contribution in [-0.4, -0.2) is 23.6 Å². The van der Waals surface area contributed by atoms with Gasteiger partial charge in [-0.1, -0.05) is 0 Å². The molecule has 4 heteroatoms. The summed E-state index contributed by atoms with van der Waals surface area (Å²) in [7, 11) is 0. The number of carbonyl (C=O) groups is 1. The Labute approximate surface area is 95.2 Å². The van der Waals surface area contributed by atoms with Crippen LogP contribution in [0, 0.1) is 6.92 Å². The van der Waals surface area contributed by atoms with E-state index in [2.05, 4.69) is 0 Å². The van der Waals surface area contributed by atoms with Crippen LogP contribution in [0.1, 0.15) is 31.3 Å². The molecule has 0 saturated heterocycles. The van der Waals surface area contributed by atoms with E-state index >= 15 is 0 Å². The topological polar surface area (TPSA) is 42.7 Å². The summed E-state index contributed by atoms with van der Waals surface area (Å²) in [6.07, 6.45) is 1.90. The van der Waals surface area contributed by atoms with Crippen LogP contribution in [0.3, 0.4) is 0 Å². The van der Waals surface area contributed by atoms with E-state index in [1.54, 1.807) is 4.90 Å². The Morgan fingerprint density at radius 1 is 1.56 bits per heavy atom.